The number of hydrogen-bond acceptors (Lipinski definition) is 3. The molecule has 0 saturated carbocycles. The summed E-state index contributed by atoms with van der Waals surface area (Å²) in [6, 6.07) is 5.37. The van der Waals surface area contributed by atoms with E-state index in [-0.39, 0.29) is 0 Å². The maximum atomic E-state index is 12.2. The first kappa shape index (κ1) is 15.1. The second-order valence-corrected chi connectivity index (χ2v) is 6.28. The molecule has 0 radical (unpaired) electrons. The highest BCUT2D eigenvalue weighted by Gasteiger charge is 2.20. The molecule has 1 rings (SSSR count). The van der Waals surface area contributed by atoms with Crippen LogP contribution in [-0.2, 0) is 23.0 Å². The van der Waals surface area contributed by atoms with Crippen molar-refractivity contribution in [2.45, 2.75) is 31.7 Å². The molecule has 0 aliphatic heterocycles. The van der Waals surface area contributed by atoms with Crippen LogP contribution in [0.3, 0.4) is 0 Å². The highest BCUT2D eigenvalue weighted by atomic mass is 32.2. The van der Waals surface area contributed by atoms with E-state index in [1.165, 1.54) is 9.87 Å². The summed E-state index contributed by atoms with van der Waals surface area (Å²) in [4.78, 5) is 0.370. The Morgan fingerprint density at radius 1 is 1.22 bits per heavy atom. The lowest BCUT2D eigenvalue weighted by Crippen LogP contribution is -2.26. The van der Waals surface area contributed by atoms with Gasteiger partial charge >= 0.3 is 0 Å². The number of aryl methyl sites for hydroxylation is 1. The van der Waals surface area contributed by atoms with Gasteiger partial charge in [-0.1, -0.05) is 19.9 Å². The molecule has 0 aromatic heterocycles. The molecule has 0 spiro atoms. The molecular weight excluding hydrogens is 248 g/mol. The van der Waals surface area contributed by atoms with Gasteiger partial charge in [-0.3, -0.25) is 0 Å². The van der Waals surface area contributed by atoms with Gasteiger partial charge in [-0.2, -0.15) is 0 Å². The van der Waals surface area contributed by atoms with Crippen molar-refractivity contribution in [1.82, 2.24) is 9.62 Å². The first-order chi connectivity index (χ1) is 8.47. The Hall–Kier alpha value is -0.910. The fourth-order valence-corrected chi connectivity index (χ4v) is 3.04. The van der Waals surface area contributed by atoms with E-state index < -0.39 is 10.0 Å². The number of nitrogens with zero attached hydrogens (tertiary/aromatic N) is 1. The molecular formula is C13H22N2O2S. The van der Waals surface area contributed by atoms with Gasteiger partial charge in [-0.15, -0.1) is 0 Å². The van der Waals surface area contributed by atoms with E-state index in [0.29, 0.717) is 18.0 Å². The predicted octanol–water partition coefficient (Wildman–Crippen LogP) is 1.61. The van der Waals surface area contributed by atoms with Crippen LogP contribution in [0.5, 0.6) is 0 Å². The lowest BCUT2D eigenvalue weighted by Gasteiger charge is -2.16. The molecule has 4 nitrogen and oxygen atoms in total. The Bertz CT molecular complexity index is 498. The fourth-order valence-electron chi connectivity index (χ4n) is 1.81. The fraction of sp³-hybridized carbons (Fsp3) is 0.538. The van der Waals surface area contributed by atoms with Crippen LogP contribution in [0, 0.1) is 0 Å². The van der Waals surface area contributed by atoms with E-state index in [1.807, 2.05) is 20.0 Å². The second kappa shape index (κ2) is 6.31. The van der Waals surface area contributed by atoms with Gasteiger partial charge < -0.3 is 5.32 Å². The van der Waals surface area contributed by atoms with Crippen molar-refractivity contribution < 1.29 is 8.42 Å². The van der Waals surface area contributed by atoms with Crippen LogP contribution in [0.4, 0.5) is 0 Å². The number of hydrogen-bond donors (Lipinski definition) is 1. The van der Waals surface area contributed by atoms with Crippen molar-refractivity contribution in [2.75, 3.05) is 20.6 Å². The van der Waals surface area contributed by atoms with Crippen molar-refractivity contribution in [3.8, 4) is 0 Å². The third kappa shape index (κ3) is 3.10. The van der Waals surface area contributed by atoms with E-state index in [4.69, 9.17) is 0 Å². The summed E-state index contributed by atoms with van der Waals surface area (Å²) in [6.07, 6.45) is 0.904. The Kier molecular flexibility index (Phi) is 5.31. The Balaban J connectivity index is 3.23. The third-order valence-electron chi connectivity index (χ3n) is 3.08. The van der Waals surface area contributed by atoms with Crippen LogP contribution >= 0.6 is 0 Å². The summed E-state index contributed by atoms with van der Waals surface area (Å²) in [5, 5.41) is 3.07. The molecule has 0 unspecified atom stereocenters. The molecule has 0 bridgehead atoms. The lowest BCUT2D eigenvalue weighted by atomic mass is 10.1. The van der Waals surface area contributed by atoms with Crippen LogP contribution in [0.2, 0.25) is 0 Å². The normalized spacial score (nSPS) is 12.1. The van der Waals surface area contributed by atoms with Crippen LogP contribution in [-0.4, -0.2) is 33.4 Å². The molecule has 1 N–H and O–H groups in total. The van der Waals surface area contributed by atoms with Gasteiger partial charge in [0.25, 0.3) is 0 Å². The first-order valence-corrected chi connectivity index (χ1v) is 7.64. The van der Waals surface area contributed by atoms with E-state index in [0.717, 1.165) is 12.0 Å². The zero-order valence-electron chi connectivity index (χ0n) is 11.5. The van der Waals surface area contributed by atoms with Crippen molar-refractivity contribution >= 4 is 10.0 Å². The van der Waals surface area contributed by atoms with Crippen LogP contribution in [0.25, 0.3) is 0 Å². The minimum absolute atomic E-state index is 0.370. The zero-order chi connectivity index (χ0) is 13.8. The van der Waals surface area contributed by atoms with E-state index in [2.05, 4.69) is 12.2 Å². The Labute approximate surface area is 110 Å². The van der Waals surface area contributed by atoms with Gasteiger partial charge in [0.1, 0.15) is 0 Å². The minimum Gasteiger partial charge on any atom is -0.316 e. The lowest BCUT2D eigenvalue weighted by molar-refractivity contribution is 0.486. The molecule has 0 fully saturated rings. The van der Waals surface area contributed by atoms with E-state index in [1.54, 1.807) is 19.2 Å². The van der Waals surface area contributed by atoms with Crippen molar-refractivity contribution in [2.24, 2.45) is 0 Å². The molecule has 0 heterocycles. The van der Waals surface area contributed by atoms with Gasteiger partial charge in [-0.05, 0) is 36.7 Å². The van der Waals surface area contributed by atoms with Gasteiger partial charge in [0.15, 0.2) is 0 Å². The molecule has 18 heavy (non-hydrogen) atoms. The molecule has 0 atom stereocenters. The number of rotatable bonds is 6. The van der Waals surface area contributed by atoms with Crippen molar-refractivity contribution in [3.63, 3.8) is 0 Å². The van der Waals surface area contributed by atoms with Gasteiger partial charge in [0.2, 0.25) is 10.0 Å². The Morgan fingerprint density at radius 3 is 2.39 bits per heavy atom. The zero-order valence-corrected chi connectivity index (χ0v) is 12.3. The monoisotopic (exact) mass is 270 g/mol. The number of benzene rings is 1. The van der Waals surface area contributed by atoms with Gasteiger partial charge in [0.05, 0.1) is 4.90 Å². The molecule has 102 valence electrons. The third-order valence-corrected chi connectivity index (χ3v) is 5.01. The number of nitrogens with one attached hydrogen (secondary N) is 1. The van der Waals surface area contributed by atoms with Gasteiger partial charge in [-0.25, -0.2) is 12.7 Å². The van der Waals surface area contributed by atoms with Crippen molar-refractivity contribution in [1.29, 1.82) is 0 Å². The summed E-state index contributed by atoms with van der Waals surface area (Å²) >= 11 is 0. The van der Waals surface area contributed by atoms with Crippen LogP contribution in [0.15, 0.2) is 23.1 Å². The topological polar surface area (TPSA) is 49.4 Å². The molecule has 0 amide bonds. The molecule has 1 aromatic rings. The van der Waals surface area contributed by atoms with Crippen LogP contribution in [0.1, 0.15) is 25.0 Å². The molecule has 0 aliphatic rings. The smallest absolute Gasteiger partial charge is 0.242 e. The summed E-state index contributed by atoms with van der Waals surface area (Å²) in [5.74, 6) is 0. The molecule has 0 aliphatic carbocycles. The average Bonchev–Trinajstić information content (AvgIpc) is 2.37. The predicted molar refractivity (Wildman–Crippen MR) is 74.1 cm³/mol. The quantitative estimate of drug-likeness (QED) is 0.854. The maximum Gasteiger partial charge on any atom is 0.242 e. The summed E-state index contributed by atoms with van der Waals surface area (Å²) in [5.41, 5.74) is 2.23. The second-order valence-electron chi connectivity index (χ2n) is 4.23. The SMILES string of the molecule is CCc1ccc(S(=O)(=O)N(C)CC)cc1CNC. The standard InChI is InChI=1S/C13H22N2O2S/c1-5-11-7-8-13(9-12(11)10-14-3)18(16,17)15(4)6-2/h7-9,14H,5-6,10H2,1-4H3. The van der Waals surface area contributed by atoms with Crippen molar-refractivity contribution in [3.05, 3.63) is 29.3 Å². The summed E-state index contributed by atoms with van der Waals surface area (Å²) in [6.45, 7) is 5.05. The number of sulfonamides is 1. The maximum absolute atomic E-state index is 12.2. The molecule has 1 aromatic carbocycles. The van der Waals surface area contributed by atoms with E-state index in [9.17, 15) is 8.42 Å². The Morgan fingerprint density at radius 2 is 1.89 bits per heavy atom. The minimum atomic E-state index is -3.35. The largest absolute Gasteiger partial charge is 0.316 e. The molecule has 5 heteroatoms. The van der Waals surface area contributed by atoms with Gasteiger partial charge in [0, 0.05) is 20.1 Å². The highest BCUT2D eigenvalue weighted by molar-refractivity contribution is 7.89. The summed E-state index contributed by atoms with van der Waals surface area (Å²) < 4.78 is 25.8. The van der Waals surface area contributed by atoms with Crippen LogP contribution < -0.4 is 5.32 Å². The average molecular weight is 270 g/mol. The first-order valence-electron chi connectivity index (χ1n) is 6.20. The van der Waals surface area contributed by atoms with E-state index >= 15 is 0 Å². The molecule has 0 saturated heterocycles. The highest BCUT2D eigenvalue weighted by Crippen LogP contribution is 2.19. The summed E-state index contributed by atoms with van der Waals surface area (Å²) in [7, 11) is 0.109.